The van der Waals surface area contributed by atoms with E-state index < -0.39 is 0 Å². The Hall–Kier alpha value is -1.46. The molecule has 0 fully saturated rings. The van der Waals surface area contributed by atoms with Crippen molar-refractivity contribution in [3.05, 3.63) is 40.3 Å². The Kier molecular flexibility index (Phi) is 5.95. The zero-order chi connectivity index (χ0) is 14.2. The van der Waals surface area contributed by atoms with Gasteiger partial charge in [-0.1, -0.05) is 43.4 Å². The van der Waals surface area contributed by atoms with Crippen molar-refractivity contribution >= 4 is 11.3 Å². The molecule has 0 saturated carbocycles. The Balaban J connectivity index is 1.83. The first kappa shape index (κ1) is 14.9. The monoisotopic (exact) mass is 291 g/mol. The van der Waals surface area contributed by atoms with Crippen LogP contribution in [0.2, 0.25) is 0 Å². The standard InChI is InChI=1S/C15H21N3OS/c1-3-13(16-4-2)15-18-17-14(20-15)10-11-19-12-8-6-5-7-9-12/h5-9,13,16H,3-4,10-11H2,1-2H3. The number of hydrogen-bond acceptors (Lipinski definition) is 5. The summed E-state index contributed by atoms with van der Waals surface area (Å²) in [6.07, 6.45) is 1.83. The third kappa shape index (κ3) is 4.28. The van der Waals surface area contributed by atoms with Crippen molar-refractivity contribution in [1.82, 2.24) is 15.5 Å². The number of nitrogens with zero attached hydrogens (tertiary/aromatic N) is 2. The van der Waals surface area contributed by atoms with Crippen LogP contribution in [-0.4, -0.2) is 23.3 Å². The van der Waals surface area contributed by atoms with Gasteiger partial charge in [0.25, 0.3) is 0 Å². The van der Waals surface area contributed by atoms with Gasteiger partial charge in [-0.25, -0.2) is 0 Å². The largest absolute Gasteiger partial charge is 0.493 e. The van der Waals surface area contributed by atoms with E-state index in [-0.39, 0.29) is 0 Å². The molecule has 1 aromatic heterocycles. The van der Waals surface area contributed by atoms with Gasteiger partial charge in [-0.2, -0.15) is 0 Å². The Labute approximate surface area is 124 Å². The van der Waals surface area contributed by atoms with Gasteiger partial charge in [0, 0.05) is 6.42 Å². The van der Waals surface area contributed by atoms with Crippen molar-refractivity contribution in [1.29, 1.82) is 0 Å². The maximum absolute atomic E-state index is 5.68. The van der Waals surface area contributed by atoms with Gasteiger partial charge < -0.3 is 10.1 Å². The van der Waals surface area contributed by atoms with Crippen molar-refractivity contribution in [3.8, 4) is 5.75 Å². The summed E-state index contributed by atoms with van der Waals surface area (Å²) in [6, 6.07) is 10.2. The van der Waals surface area contributed by atoms with Crippen molar-refractivity contribution in [2.24, 2.45) is 0 Å². The van der Waals surface area contributed by atoms with E-state index in [4.69, 9.17) is 4.74 Å². The molecule has 0 bridgehead atoms. The van der Waals surface area contributed by atoms with Gasteiger partial charge in [-0.05, 0) is 25.1 Å². The van der Waals surface area contributed by atoms with Gasteiger partial charge in [0.2, 0.25) is 0 Å². The topological polar surface area (TPSA) is 47.0 Å². The van der Waals surface area contributed by atoms with Crippen LogP contribution in [0.25, 0.3) is 0 Å². The van der Waals surface area contributed by atoms with Gasteiger partial charge in [0.05, 0.1) is 12.6 Å². The molecule has 0 spiro atoms. The zero-order valence-electron chi connectivity index (χ0n) is 12.0. The predicted molar refractivity (Wildman–Crippen MR) is 82.3 cm³/mol. The van der Waals surface area contributed by atoms with Crippen LogP contribution in [0.15, 0.2) is 30.3 Å². The fourth-order valence-corrected chi connectivity index (χ4v) is 2.92. The van der Waals surface area contributed by atoms with Crippen LogP contribution in [0.3, 0.4) is 0 Å². The minimum atomic E-state index is 0.321. The van der Waals surface area contributed by atoms with Crippen molar-refractivity contribution in [3.63, 3.8) is 0 Å². The predicted octanol–water partition coefficient (Wildman–Crippen LogP) is 3.22. The second kappa shape index (κ2) is 7.97. The average Bonchev–Trinajstić information content (AvgIpc) is 2.94. The van der Waals surface area contributed by atoms with Gasteiger partial charge >= 0.3 is 0 Å². The second-order valence-electron chi connectivity index (χ2n) is 4.46. The number of benzene rings is 1. The molecular weight excluding hydrogens is 270 g/mol. The lowest BCUT2D eigenvalue weighted by Gasteiger charge is -2.10. The van der Waals surface area contributed by atoms with Gasteiger partial charge in [0.15, 0.2) is 0 Å². The number of aromatic nitrogens is 2. The van der Waals surface area contributed by atoms with Crippen LogP contribution < -0.4 is 10.1 Å². The lowest BCUT2D eigenvalue weighted by molar-refractivity contribution is 0.321. The number of hydrogen-bond donors (Lipinski definition) is 1. The summed E-state index contributed by atoms with van der Waals surface area (Å²) in [5, 5.41) is 14.1. The van der Waals surface area contributed by atoms with E-state index in [1.807, 2.05) is 30.3 Å². The first-order chi connectivity index (χ1) is 9.83. The second-order valence-corrected chi connectivity index (χ2v) is 5.56. The smallest absolute Gasteiger partial charge is 0.134 e. The fourth-order valence-electron chi connectivity index (χ4n) is 1.93. The summed E-state index contributed by atoms with van der Waals surface area (Å²) < 4.78 is 5.68. The van der Waals surface area contributed by atoms with Crippen LogP contribution in [0.1, 0.15) is 36.3 Å². The number of ether oxygens (including phenoxy) is 1. The van der Waals surface area contributed by atoms with Crippen LogP contribution in [0, 0.1) is 0 Å². The lowest BCUT2D eigenvalue weighted by Crippen LogP contribution is -2.19. The molecule has 1 atom stereocenters. The maximum Gasteiger partial charge on any atom is 0.134 e. The van der Waals surface area contributed by atoms with E-state index in [9.17, 15) is 0 Å². The lowest BCUT2D eigenvalue weighted by atomic mass is 10.2. The molecule has 1 aromatic carbocycles. The van der Waals surface area contributed by atoms with Gasteiger partial charge in [-0.15, -0.1) is 10.2 Å². The van der Waals surface area contributed by atoms with Crippen molar-refractivity contribution in [2.75, 3.05) is 13.2 Å². The molecule has 1 heterocycles. The summed E-state index contributed by atoms with van der Waals surface area (Å²) in [5.41, 5.74) is 0. The van der Waals surface area contributed by atoms with Gasteiger partial charge in [-0.3, -0.25) is 0 Å². The Morgan fingerprint density at radius 2 is 2.00 bits per heavy atom. The highest BCUT2D eigenvalue weighted by molar-refractivity contribution is 7.11. The Morgan fingerprint density at radius 3 is 2.70 bits per heavy atom. The first-order valence-electron chi connectivity index (χ1n) is 7.07. The summed E-state index contributed by atoms with van der Waals surface area (Å²) >= 11 is 1.68. The number of rotatable bonds is 8. The summed E-state index contributed by atoms with van der Waals surface area (Å²) in [7, 11) is 0. The molecule has 4 nitrogen and oxygen atoms in total. The van der Waals surface area contributed by atoms with Crippen LogP contribution in [0.5, 0.6) is 5.75 Å². The molecule has 108 valence electrons. The van der Waals surface area contributed by atoms with E-state index in [0.717, 1.165) is 35.2 Å². The van der Waals surface area contributed by atoms with E-state index in [1.165, 1.54) is 0 Å². The normalized spacial score (nSPS) is 12.3. The maximum atomic E-state index is 5.68. The quantitative estimate of drug-likeness (QED) is 0.811. The van der Waals surface area contributed by atoms with Crippen LogP contribution in [-0.2, 0) is 6.42 Å². The highest BCUT2D eigenvalue weighted by atomic mass is 32.1. The molecule has 20 heavy (non-hydrogen) atoms. The molecule has 2 rings (SSSR count). The third-order valence-corrected chi connectivity index (χ3v) is 4.06. The fraction of sp³-hybridized carbons (Fsp3) is 0.467. The van der Waals surface area contributed by atoms with Crippen molar-refractivity contribution < 1.29 is 4.74 Å². The van der Waals surface area contributed by atoms with E-state index in [0.29, 0.717) is 12.6 Å². The molecule has 0 saturated heterocycles. The highest BCUT2D eigenvalue weighted by Crippen LogP contribution is 2.21. The van der Waals surface area contributed by atoms with Crippen LogP contribution >= 0.6 is 11.3 Å². The minimum Gasteiger partial charge on any atom is -0.493 e. The third-order valence-electron chi connectivity index (χ3n) is 2.97. The molecule has 2 aromatic rings. The van der Waals surface area contributed by atoms with Gasteiger partial charge in [0.1, 0.15) is 15.8 Å². The Morgan fingerprint density at radius 1 is 1.20 bits per heavy atom. The van der Waals surface area contributed by atoms with Crippen molar-refractivity contribution in [2.45, 2.75) is 32.7 Å². The highest BCUT2D eigenvalue weighted by Gasteiger charge is 2.13. The average molecular weight is 291 g/mol. The molecule has 0 aliphatic heterocycles. The molecule has 1 N–H and O–H groups in total. The van der Waals surface area contributed by atoms with E-state index in [2.05, 4.69) is 29.4 Å². The molecule has 5 heteroatoms. The zero-order valence-corrected chi connectivity index (χ0v) is 12.8. The summed E-state index contributed by atoms with van der Waals surface area (Å²) in [5.74, 6) is 0.899. The molecule has 1 unspecified atom stereocenters. The minimum absolute atomic E-state index is 0.321. The van der Waals surface area contributed by atoms with E-state index >= 15 is 0 Å². The van der Waals surface area contributed by atoms with Crippen LogP contribution in [0.4, 0.5) is 0 Å². The molecule has 0 aliphatic carbocycles. The molecule has 0 aliphatic rings. The first-order valence-corrected chi connectivity index (χ1v) is 7.88. The van der Waals surface area contributed by atoms with E-state index in [1.54, 1.807) is 11.3 Å². The number of nitrogens with one attached hydrogen (secondary N) is 1. The molecule has 0 amide bonds. The Bertz CT molecular complexity index is 501. The summed E-state index contributed by atoms with van der Waals surface area (Å²) in [4.78, 5) is 0. The summed E-state index contributed by atoms with van der Waals surface area (Å²) in [6.45, 7) is 5.85. The SMILES string of the molecule is CCNC(CC)c1nnc(CCOc2ccccc2)s1. The molecule has 0 radical (unpaired) electrons. The molecular formula is C15H21N3OS. The number of para-hydroxylation sites is 1.